The van der Waals surface area contributed by atoms with E-state index in [2.05, 4.69) is 15.0 Å². The van der Waals surface area contributed by atoms with Crippen molar-refractivity contribution in [2.45, 2.75) is 0 Å². The molecule has 0 bridgehead atoms. The van der Waals surface area contributed by atoms with Crippen LogP contribution in [0.15, 0.2) is 23.3 Å². The van der Waals surface area contributed by atoms with E-state index in [4.69, 9.17) is 10.3 Å². The highest BCUT2D eigenvalue weighted by molar-refractivity contribution is 7.21. The molecule has 2 rings (SSSR count). The maximum absolute atomic E-state index is 8.25. The van der Waals surface area contributed by atoms with Gasteiger partial charge >= 0.3 is 0 Å². The van der Waals surface area contributed by atoms with Crippen LogP contribution in [0.5, 0.6) is 5.75 Å². The smallest absolute Gasteiger partial charge is 0.181 e. The van der Waals surface area contributed by atoms with Crippen LogP contribution in [0.1, 0.15) is 0 Å². The van der Waals surface area contributed by atoms with Crippen LogP contribution < -0.4 is 4.74 Å². The summed E-state index contributed by atoms with van der Waals surface area (Å²) in [6.45, 7) is 0. The molecule has 0 saturated heterocycles. The Kier molecular flexibility index (Phi) is 2.22. The molecule has 0 aliphatic rings. The molecule has 0 aliphatic heterocycles. The van der Waals surface area contributed by atoms with E-state index < -0.39 is 0 Å². The summed E-state index contributed by atoms with van der Waals surface area (Å²) >= 11 is 1.34. The van der Waals surface area contributed by atoms with Gasteiger partial charge in [0.1, 0.15) is 5.75 Å². The molecule has 14 heavy (non-hydrogen) atoms. The highest BCUT2D eigenvalue weighted by Gasteiger charge is 2.02. The first-order valence-corrected chi connectivity index (χ1v) is 4.65. The lowest BCUT2D eigenvalue weighted by Gasteiger charge is -1.96. The summed E-state index contributed by atoms with van der Waals surface area (Å²) in [7, 11) is 1.61. The van der Waals surface area contributed by atoms with Crippen molar-refractivity contribution in [2.24, 2.45) is 5.11 Å². The minimum Gasteiger partial charge on any atom is -0.497 e. The summed E-state index contributed by atoms with van der Waals surface area (Å²) in [6.07, 6.45) is 0. The Balaban J connectivity index is 2.59. The normalized spacial score (nSPS) is 9.79. The summed E-state index contributed by atoms with van der Waals surface area (Å²) in [6, 6.07) is 5.52. The number of nitrogens with zero attached hydrogens (tertiary/aromatic N) is 4. The third kappa shape index (κ3) is 1.48. The number of ether oxygens (including phenoxy) is 1. The average molecular weight is 206 g/mol. The number of hydrogen-bond donors (Lipinski definition) is 0. The van der Waals surface area contributed by atoms with Crippen LogP contribution in [-0.4, -0.2) is 12.1 Å². The molecule has 6 heteroatoms. The van der Waals surface area contributed by atoms with Crippen LogP contribution in [0, 0.1) is 0 Å². The quantitative estimate of drug-likeness (QED) is 0.430. The molecule has 0 unspecified atom stereocenters. The van der Waals surface area contributed by atoms with Crippen LogP contribution >= 0.6 is 11.3 Å². The van der Waals surface area contributed by atoms with Crippen LogP contribution in [0.25, 0.3) is 20.7 Å². The van der Waals surface area contributed by atoms with Crippen LogP contribution in [0.4, 0.5) is 5.13 Å². The standard InChI is InChI=1S/C8H6N4OS/c1-13-5-2-3-6-7(4-5)14-8(10-6)11-12-9/h2-4H,1H3. The zero-order chi connectivity index (χ0) is 9.97. The lowest BCUT2D eigenvalue weighted by Crippen LogP contribution is -1.80. The molecule has 2 aromatic rings. The highest BCUT2D eigenvalue weighted by Crippen LogP contribution is 2.30. The summed E-state index contributed by atoms with van der Waals surface area (Å²) in [5, 5.41) is 3.87. The fourth-order valence-electron chi connectivity index (χ4n) is 1.10. The summed E-state index contributed by atoms with van der Waals surface area (Å²) in [4.78, 5) is 6.81. The van der Waals surface area contributed by atoms with E-state index in [-0.39, 0.29) is 0 Å². The monoisotopic (exact) mass is 206 g/mol. The van der Waals surface area contributed by atoms with Gasteiger partial charge in [0.25, 0.3) is 0 Å². The Morgan fingerprint density at radius 2 is 2.43 bits per heavy atom. The Bertz CT molecular complexity index is 515. The predicted molar refractivity (Wildman–Crippen MR) is 55.0 cm³/mol. The first-order valence-electron chi connectivity index (χ1n) is 3.83. The second kappa shape index (κ2) is 3.53. The van der Waals surface area contributed by atoms with Gasteiger partial charge in [-0.15, -0.1) is 11.3 Å². The van der Waals surface area contributed by atoms with Gasteiger partial charge in [-0.2, -0.15) is 0 Å². The largest absolute Gasteiger partial charge is 0.497 e. The minimum absolute atomic E-state index is 0.427. The second-order valence-electron chi connectivity index (χ2n) is 2.52. The van der Waals surface area contributed by atoms with Crippen molar-refractivity contribution < 1.29 is 4.74 Å². The molecular formula is C8H6N4OS. The molecule has 0 aliphatic carbocycles. The summed E-state index contributed by atoms with van der Waals surface area (Å²) in [5.41, 5.74) is 9.06. The number of azide groups is 1. The van der Waals surface area contributed by atoms with Crippen LogP contribution in [-0.2, 0) is 0 Å². The van der Waals surface area contributed by atoms with E-state index in [0.717, 1.165) is 16.0 Å². The highest BCUT2D eigenvalue weighted by atomic mass is 32.1. The molecular weight excluding hydrogens is 200 g/mol. The first kappa shape index (κ1) is 8.80. The topological polar surface area (TPSA) is 70.9 Å². The van der Waals surface area contributed by atoms with Gasteiger partial charge in [-0.1, -0.05) is 0 Å². The van der Waals surface area contributed by atoms with E-state index in [0.29, 0.717) is 5.13 Å². The molecule has 1 aromatic carbocycles. The number of aromatic nitrogens is 1. The average Bonchev–Trinajstić information content (AvgIpc) is 2.59. The predicted octanol–water partition coefficient (Wildman–Crippen LogP) is 3.25. The van der Waals surface area contributed by atoms with Gasteiger partial charge < -0.3 is 4.74 Å². The molecule has 0 spiro atoms. The van der Waals surface area contributed by atoms with Crippen molar-refractivity contribution in [2.75, 3.05) is 7.11 Å². The van der Waals surface area contributed by atoms with Gasteiger partial charge in [-0.25, -0.2) is 4.98 Å². The molecule has 70 valence electrons. The van der Waals surface area contributed by atoms with Crippen molar-refractivity contribution in [1.82, 2.24) is 4.98 Å². The Morgan fingerprint density at radius 1 is 1.57 bits per heavy atom. The number of methoxy groups -OCH3 is 1. The summed E-state index contributed by atoms with van der Waals surface area (Å²) < 4.78 is 6.02. The zero-order valence-electron chi connectivity index (χ0n) is 7.34. The van der Waals surface area contributed by atoms with Crippen molar-refractivity contribution in [3.8, 4) is 5.75 Å². The first-order chi connectivity index (χ1) is 6.83. The molecule has 0 saturated carbocycles. The van der Waals surface area contributed by atoms with Gasteiger partial charge in [0.2, 0.25) is 0 Å². The van der Waals surface area contributed by atoms with Gasteiger partial charge in [0, 0.05) is 4.91 Å². The van der Waals surface area contributed by atoms with Gasteiger partial charge in [-0.3, -0.25) is 0 Å². The lowest BCUT2D eigenvalue weighted by molar-refractivity contribution is 0.415. The van der Waals surface area contributed by atoms with E-state index in [1.807, 2.05) is 18.2 Å². The van der Waals surface area contributed by atoms with Gasteiger partial charge in [0.05, 0.1) is 17.3 Å². The summed E-state index contributed by atoms with van der Waals surface area (Å²) in [5.74, 6) is 0.772. The second-order valence-corrected chi connectivity index (χ2v) is 3.53. The fourth-order valence-corrected chi connectivity index (χ4v) is 1.91. The van der Waals surface area contributed by atoms with Gasteiger partial charge in [0.15, 0.2) is 5.13 Å². The number of benzene rings is 1. The van der Waals surface area contributed by atoms with Crippen LogP contribution in [0.3, 0.4) is 0 Å². The molecule has 0 atom stereocenters. The van der Waals surface area contributed by atoms with Crippen molar-refractivity contribution >= 4 is 26.7 Å². The molecule has 1 aromatic heterocycles. The third-order valence-electron chi connectivity index (χ3n) is 1.71. The van der Waals surface area contributed by atoms with Crippen LogP contribution in [0.2, 0.25) is 0 Å². The molecule has 5 nitrogen and oxygen atoms in total. The lowest BCUT2D eigenvalue weighted by atomic mass is 10.3. The Hall–Kier alpha value is -1.78. The zero-order valence-corrected chi connectivity index (χ0v) is 8.15. The maximum atomic E-state index is 8.25. The van der Waals surface area contributed by atoms with Gasteiger partial charge in [-0.05, 0) is 28.8 Å². The van der Waals surface area contributed by atoms with E-state index in [1.54, 1.807) is 7.11 Å². The molecule has 0 fully saturated rings. The maximum Gasteiger partial charge on any atom is 0.181 e. The molecule has 0 N–H and O–H groups in total. The minimum atomic E-state index is 0.427. The number of hydrogen-bond acceptors (Lipinski definition) is 4. The Labute approximate surface area is 83.6 Å². The number of rotatable bonds is 2. The van der Waals surface area contributed by atoms with E-state index >= 15 is 0 Å². The van der Waals surface area contributed by atoms with Crippen molar-refractivity contribution in [3.05, 3.63) is 28.6 Å². The fraction of sp³-hybridized carbons (Fsp3) is 0.125. The van der Waals surface area contributed by atoms with Crippen molar-refractivity contribution in [3.63, 3.8) is 0 Å². The number of fused-ring (bicyclic) bond motifs is 1. The molecule has 1 heterocycles. The Morgan fingerprint density at radius 3 is 3.14 bits per heavy atom. The molecule has 0 radical (unpaired) electrons. The van der Waals surface area contributed by atoms with Crippen molar-refractivity contribution in [1.29, 1.82) is 0 Å². The molecule has 0 amide bonds. The van der Waals surface area contributed by atoms with E-state index in [9.17, 15) is 0 Å². The number of thiazole rings is 1. The third-order valence-corrected chi connectivity index (χ3v) is 2.62. The SMILES string of the molecule is COc1ccc2nc(N=[N+]=[N-])sc2c1. The van der Waals surface area contributed by atoms with E-state index in [1.165, 1.54) is 11.3 Å².